The minimum Gasteiger partial charge on any atom is -0.733 e. The molecule has 2 atom stereocenters. The second kappa shape index (κ2) is 6.21. The molecule has 3 N–H and O–H groups in total. The summed E-state index contributed by atoms with van der Waals surface area (Å²) >= 11 is 6.01. The van der Waals surface area contributed by atoms with Crippen molar-refractivity contribution in [1.29, 1.82) is 0 Å². The van der Waals surface area contributed by atoms with E-state index in [0.717, 1.165) is 0 Å². The average molecular weight is 351 g/mol. The Morgan fingerprint density at radius 2 is 2.17 bits per heavy atom. The van der Waals surface area contributed by atoms with Gasteiger partial charge in [0.2, 0.25) is 5.95 Å². The summed E-state index contributed by atoms with van der Waals surface area (Å²) in [5.41, 5.74) is 2.45. The summed E-state index contributed by atoms with van der Waals surface area (Å²) in [6, 6.07) is 6.48. The predicted molar refractivity (Wildman–Crippen MR) is 86.5 cm³/mol. The van der Waals surface area contributed by atoms with Gasteiger partial charge in [0.05, 0.1) is 5.69 Å². The number of carbonyl (C=O) groups excluding carboxylic acids is 1. The summed E-state index contributed by atoms with van der Waals surface area (Å²) < 4.78 is 0. The van der Waals surface area contributed by atoms with Gasteiger partial charge in [-0.2, -0.15) is 5.01 Å². The number of ketones is 1. The van der Waals surface area contributed by atoms with Crippen LogP contribution in [0.3, 0.4) is 0 Å². The van der Waals surface area contributed by atoms with E-state index >= 15 is 0 Å². The van der Waals surface area contributed by atoms with Crippen LogP contribution >= 0.6 is 11.6 Å². The molecule has 0 amide bonds. The van der Waals surface area contributed by atoms with Crippen LogP contribution in [0.2, 0.25) is 0 Å². The molecule has 24 heavy (non-hydrogen) atoms. The molecule has 3 rings (SSSR count). The number of Topliss-reactive ketones (excluding diaryl/α,β-unsaturated/α-hetero) is 1. The number of aromatic nitrogens is 2. The van der Waals surface area contributed by atoms with E-state index in [-0.39, 0.29) is 28.2 Å². The SMILES string of the molecule is Cc1cc(=O)[nH]c(NN2C(Cl)C(=O)C2c2cccc(N([O-])O)c2)n1. The largest absolute Gasteiger partial charge is 0.733 e. The highest BCUT2D eigenvalue weighted by Crippen LogP contribution is 2.37. The zero-order valence-electron chi connectivity index (χ0n) is 12.4. The van der Waals surface area contributed by atoms with E-state index in [1.807, 2.05) is 0 Å². The molecule has 10 heteroatoms. The van der Waals surface area contributed by atoms with Crippen molar-refractivity contribution in [2.24, 2.45) is 0 Å². The summed E-state index contributed by atoms with van der Waals surface area (Å²) in [6.07, 6.45) is 0. The number of alkyl halides is 1. The molecule has 1 fully saturated rings. The standard InChI is InChI=1S/C14H13ClN5O4/c1-7-5-10(21)17-14(16-7)18-19-11(12(22)13(19)15)8-3-2-4-9(6-8)20(23)24/h2-6,11,13,23H,1H3,(H2,16,17,18,21)/q-1. The van der Waals surface area contributed by atoms with Gasteiger partial charge in [-0.05, 0) is 24.6 Å². The van der Waals surface area contributed by atoms with Crippen LogP contribution < -0.4 is 16.2 Å². The lowest BCUT2D eigenvalue weighted by Gasteiger charge is -2.43. The van der Waals surface area contributed by atoms with Crippen molar-refractivity contribution < 1.29 is 10.0 Å². The van der Waals surface area contributed by atoms with E-state index in [1.54, 1.807) is 13.0 Å². The Labute approximate surface area is 141 Å². The maximum Gasteiger partial charge on any atom is 0.252 e. The molecular weight excluding hydrogens is 338 g/mol. The van der Waals surface area contributed by atoms with Crippen molar-refractivity contribution in [1.82, 2.24) is 15.0 Å². The molecule has 1 aliphatic heterocycles. The number of hydrazine groups is 1. The highest BCUT2D eigenvalue weighted by Gasteiger charge is 2.48. The fourth-order valence-corrected chi connectivity index (χ4v) is 2.75. The van der Waals surface area contributed by atoms with Crippen LogP contribution in [0.1, 0.15) is 17.3 Å². The predicted octanol–water partition coefficient (Wildman–Crippen LogP) is 1.29. The van der Waals surface area contributed by atoms with E-state index in [9.17, 15) is 14.8 Å². The minimum absolute atomic E-state index is 0.0136. The number of hydrogen-bond donors (Lipinski definition) is 3. The summed E-state index contributed by atoms with van der Waals surface area (Å²) in [7, 11) is 0. The van der Waals surface area contributed by atoms with Crippen molar-refractivity contribution in [3.63, 3.8) is 0 Å². The number of benzene rings is 1. The van der Waals surface area contributed by atoms with Crippen LogP contribution in [-0.4, -0.2) is 31.5 Å². The second-order valence-electron chi connectivity index (χ2n) is 5.26. The maximum absolute atomic E-state index is 12.1. The number of hydrogen-bond acceptors (Lipinski definition) is 8. The Bertz CT molecular complexity index is 840. The fourth-order valence-electron chi connectivity index (χ4n) is 2.47. The van der Waals surface area contributed by atoms with Gasteiger partial charge in [0, 0.05) is 11.8 Å². The van der Waals surface area contributed by atoms with Crippen LogP contribution in [0.5, 0.6) is 0 Å². The third-order valence-electron chi connectivity index (χ3n) is 3.54. The number of H-pyrrole nitrogens is 1. The summed E-state index contributed by atoms with van der Waals surface area (Å²) in [4.78, 5) is 30.2. The molecule has 0 bridgehead atoms. The maximum atomic E-state index is 12.1. The van der Waals surface area contributed by atoms with Crippen molar-refractivity contribution in [2.75, 3.05) is 10.7 Å². The Kier molecular flexibility index (Phi) is 4.24. The van der Waals surface area contributed by atoms with Crippen molar-refractivity contribution in [2.45, 2.75) is 18.5 Å². The molecule has 2 unspecified atom stereocenters. The highest BCUT2D eigenvalue weighted by molar-refractivity contribution is 6.34. The Morgan fingerprint density at radius 1 is 1.42 bits per heavy atom. The topological polar surface area (TPSA) is 125 Å². The zero-order valence-corrected chi connectivity index (χ0v) is 13.2. The van der Waals surface area contributed by atoms with E-state index in [4.69, 9.17) is 16.8 Å². The van der Waals surface area contributed by atoms with E-state index < -0.39 is 11.5 Å². The van der Waals surface area contributed by atoms with Gasteiger partial charge < -0.3 is 10.4 Å². The molecule has 1 saturated heterocycles. The highest BCUT2D eigenvalue weighted by atomic mass is 35.5. The average Bonchev–Trinajstić information content (AvgIpc) is 2.53. The lowest BCUT2D eigenvalue weighted by Crippen LogP contribution is -2.59. The lowest BCUT2D eigenvalue weighted by atomic mass is 9.94. The Balaban J connectivity index is 1.88. The van der Waals surface area contributed by atoms with Gasteiger partial charge in [0.1, 0.15) is 6.04 Å². The van der Waals surface area contributed by atoms with E-state index in [1.165, 1.54) is 29.3 Å². The quantitative estimate of drug-likeness (QED) is 0.428. The first kappa shape index (κ1) is 16.4. The van der Waals surface area contributed by atoms with Gasteiger partial charge >= 0.3 is 0 Å². The third kappa shape index (κ3) is 2.97. The lowest BCUT2D eigenvalue weighted by molar-refractivity contribution is -0.137. The smallest absolute Gasteiger partial charge is 0.252 e. The zero-order chi connectivity index (χ0) is 17.4. The fraction of sp³-hybridized carbons (Fsp3) is 0.214. The van der Waals surface area contributed by atoms with Gasteiger partial charge in [0.25, 0.3) is 5.56 Å². The number of nitrogens with one attached hydrogen (secondary N) is 2. The first-order valence-corrected chi connectivity index (χ1v) is 7.37. The summed E-state index contributed by atoms with van der Waals surface area (Å²) in [5.74, 6) is -0.140. The number of rotatable bonds is 4. The molecule has 0 aliphatic carbocycles. The van der Waals surface area contributed by atoms with Gasteiger partial charge in [-0.3, -0.25) is 25.2 Å². The number of aromatic amines is 1. The number of anilines is 2. The van der Waals surface area contributed by atoms with Crippen LogP contribution in [0.4, 0.5) is 11.6 Å². The van der Waals surface area contributed by atoms with Crippen molar-refractivity contribution in [3.8, 4) is 0 Å². The summed E-state index contributed by atoms with van der Waals surface area (Å²) in [6.45, 7) is 1.66. The van der Waals surface area contributed by atoms with Crippen LogP contribution in [0.25, 0.3) is 0 Å². The summed E-state index contributed by atoms with van der Waals surface area (Å²) in [5, 5.41) is 21.1. The van der Waals surface area contributed by atoms with Gasteiger partial charge in [-0.15, -0.1) is 0 Å². The number of aryl methyl sites for hydroxylation is 1. The molecule has 2 aromatic rings. The Morgan fingerprint density at radius 3 is 2.83 bits per heavy atom. The molecule has 1 aliphatic rings. The van der Waals surface area contributed by atoms with E-state index in [2.05, 4.69) is 15.4 Å². The van der Waals surface area contributed by atoms with Gasteiger partial charge in [0.15, 0.2) is 11.3 Å². The van der Waals surface area contributed by atoms with Crippen LogP contribution in [0.15, 0.2) is 35.1 Å². The van der Waals surface area contributed by atoms with E-state index in [0.29, 0.717) is 11.3 Å². The molecule has 0 radical (unpaired) electrons. The van der Waals surface area contributed by atoms with Gasteiger partial charge in [-0.1, -0.05) is 23.7 Å². The molecule has 2 heterocycles. The monoisotopic (exact) mass is 350 g/mol. The Hall–Kier alpha value is -2.46. The molecule has 1 aromatic heterocycles. The van der Waals surface area contributed by atoms with Crippen molar-refractivity contribution >= 4 is 29.0 Å². The molecule has 0 saturated carbocycles. The first-order chi connectivity index (χ1) is 11.4. The number of nitrogens with zero attached hydrogens (tertiary/aromatic N) is 3. The first-order valence-electron chi connectivity index (χ1n) is 6.93. The van der Waals surface area contributed by atoms with Gasteiger partial charge in [-0.25, -0.2) is 4.98 Å². The molecule has 1 aromatic carbocycles. The van der Waals surface area contributed by atoms with Crippen LogP contribution in [-0.2, 0) is 4.79 Å². The molecule has 9 nitrogen and oxygen atoms in total. The van der Waals surface area contributed by atoms with Crippen LogP contribution in [0, 0.1) is 12.1 Å². The molecule has 126 valence electrons. The normalized spacial score (nSPS) is 20.6. The number of halogens is 1. The minimum atomic E-state index is -0.957. The third-order valence-corrected chi connectivity index (χ3v) is 3.96. The second-order valence-corrected chi connectivity index (χ2v) is 5.68. The number of carbonyl (C=O) groups is 1. The molecule has 0 spiro atoms. The van der Waals surface area contributed by atoms with Crippen molar-refractivity contribution in [3.05, 3.63) is 57.2 Å². The molecular formula is C14H13ClN5O4-.